The summed E-state index contributed by atoms with van der Waals surface area (Å²) in [5, 5.41) is -0.280. The second kappa shape index (κ2) is 6.41. The summed E-state index contributed by atoms with van der Waals surface area (Å²) < 4.78 is 32.0. The first kappa shape index (κ1) is 15.7. The molecular weight excluding hydrogens is 280 g/mol. The van der Waals surface area contributed by atoms with E-state index in [0.717, 1.165) is 12.8 Å². The molecule has 0 aromatic carbocycles. The van der Waals surface area contributed by atoms with Crippen molar-refractivity contribution in [3.8, 4) is 0 Å². The van der Waals surface area contributed by atoms with Crippen molar-refractivity contribution >= 4 is 15.9 Å². The van der Waals surface area contributed by atoms with E-state index in [1.54, 1.807) is 16.3 Å². The van der Waals surface area contributed by atoms with Crippen molar-refractivity contribution in [1.29, 1.82) is 0 Å². The molecule has 1 saturated carbocycles. The number of piperazine rings is 1. The molecular formula is C13H24N2O4S. The lowest BCUT2D eigenvalue weighted by molar-refractivity contribution is -0.129. The molecule has 2 fully saturated rings. The summed E-state index contributed by atoms with van der Waals surface area (Å²) in [4.78, 5) is 13.0. The van der Waals surface area contributed by atoms with Crippen molar-refractivity contribution in [3.05, 3.63) is 0 Å². The topological polar surface area (TPSA) is 66.9 Å². The van der Waals surface area contributed by atoms with Gasteiger partial charge in [-0.3, -0.25) is 4.79 Å². The smallest absolute Gasteiger partial charge is 0.219 e. The Hall–Kier alpha value is -0.660. The van der Waals surface area contributed by atoms with Crippen molar-refractivity contribution < 1.29 is 17.9 Å². The van der Waals surface area contributed by atoms with Gasteiger partial charge in [0, 0.05) is 40.2 Å². The third-order valence-corrected chi connectivity index (χ3v) is 6.82. The zero-order valence-electron chi connectivity index (χ0n) is 12.2. The van der Waals surface area contributed by atoms with Gasteiger partial charge in [-0.25, -0.2) is 8.42 Å². The van der Waals surface area contributed by atoms with Gasteiger partial charge in [0.2, 0.25) is 15.9 Å². The second-order valence-electron chi connectivity index (χ2n) is 5.58. The van der Waals surface area contributed by atoms with E-state index in [1.807, 2.05) is 0 Å². The molecule has 1 amide bonds. The third kappa shape index (κ3) is 3.32. The van der Waals surface area contributed by atoms with Crippen LogP contribution in [0.15, 0.2) is 0 Å². The van der Waals surface area contributed by atoms with Crippen LogP contribution in [0.3, 0.4) is 0 Å². The molecule has 0 N–H and O–H groups in total. The normalized spacial score (nSPS) is 29.4. The van der Waals surface area contributed by atoms with Gasteiger partial charge in [0.15, 0.2) is 0 Å². The van der Waals surface area contributed by atoms with Crippen LogP contribution < -0.4 is 0 Å². The largest absolute Gasteiger partial charge is 0.381 e. The highest BCUT2D eigenvalue weighted by Crippen LogP contribution is 2.28. The Kier molecular flexibility index (Phi) is 5.04. The lowest BCUT2D eigenvalue weighted by atomic mass is 9.97. The minimum Gasteiger partial charge on any atom is -0.381 e. The van der Waals surface area contributed by atoms with E-state index in [2.05, 4.69) is 0 Å². The van der Waals surface area contributed by atoms with E-state index in [-0.39, 0.29) is 17.3 Å². The lowest BCUT2D eigenvalue weighted by Gasteiger charge is -2.37. The molecule has 0 aromatic heterocycles. The Morgan fingerprint density at radius 1 is 1.05 bits per heavy atom. The van der Waals surface area contributed by atoms with Crippen molar-refractivity contribution in [2.75, 3.05) is 33.3 Å². The van der Waals surface area contributed by atoms with E-state index in [1.165, 1.54) is 6.92 Å². The van der Waals surface area contributed by atoms with Gasteiger partial charge in [0.1, 0.15) is 0 Å². The van der Waals surface area contributed by atoms with Crippen molar-refractivity contribution in [3.63, 3.8) is 0 Å². The molecule has 0 unspecified atom stereocenters. The summed E-state index contributed by atoms with van der Waals surface area (Å²) in [7, 11) is -1.55. The summed E-state index contributed by atoms with van der Waals surface area (Å²) in [5.41, 5.74) is 0. The fourth-order valence-corrected chi connectivity index (χ4v) is 5.00. The first-order chi connectivity index (χ1) is 9.45. The van der Waals surface area contributed by atoms with Crippen molar-refractivity contribution in [2.45, 2.75) is 44.0 Å². The molecule has 116 valence electrons. The van der Waals surface area contributed by atoms with Gasteiger partial charge in [-0.2, -0.15) is 4.31 Å². The highest BCUT2D eigenvalue weighted by atomic mass is 32.2. The number of carbonyl (C=O) groups excluding carboxylic acids is 1. The number of hydrogen-bond donors (Lipinski definition) is 0. The Morgan fingerprint density at radius 3 is 2.05 bits per heavy atom. The van der Waals surface area contributed by atoms with Crippen LogP contribution in [0.25, 0.3) is 0 Å². The van der Waals surface area contributed by atoms with E-state index in [4.69, 9.17) is 4.74 Å². The van der Waals surface area contributed by atoms with Gasteiger partial charge in [-0.05, 0) is 25.7 Å². The van der Waals surface area contributed by atoms with Crippen molar-refractivity contribution in [1.82, 2.24) is 9.21 Å². The van der Waals surface area contributed by atoms with Gasteiger partial charge in [0.05, 0.1) is 11.4 Å². The summed E-state index contributed by atoms with van der Waals surface area (Å²) in [5.74, 6) is 0.0163. The average molecular weight is 304 g/mol. The molecule has 2 rings (SSSR count). The predicted octanol–water partition coefficient (Wildman–Crippen LogP) is 0.438. The van der Waals surface area contributed by atoms with E-state index in [9.17, 15) is 13.2 Å². The minimum atomic E-state index is -3.23. The Morgan fingerprint density at radius 2 is 1.60 bits per heavy atom. The van der Waals surface area contributed by atoms with Crippen LogP contribution in [-0.4, -0.2) is 68.2 Å². The number of sulfonamides is 1. The number of nitrogens with zero attached hydrogens (tertiary/aromatic N) is 2. The highest BCUT2D eigenvalue weighted by molar-refractivity contribution is 7.89. The molecule has 2 aliphatic rings. The molecule has 6 nitrogen and oxygen atoms in total. The quantitative estimate of drug-likeness (QED) is 0.759. The molecule has 0 aromatic rings. The van der Waals surface area contributed by atoms with Crippen LogP contribution in [0.1, 0.15) is 32.6 Å². The number of ether oxygens (including phenoxy) is 1. The summed E-state index contributed by atoms with van der Waals surface area (Å²) in [6, 6.07) is 0. The molecule has 7 heteroatoms. The maximum Gasteiger partial charge on any atom is 0.219 e. The van der Waals surface area contributed by atoms with Crippen LogP contribution in [0, 0.1) is 0 Å². The molecule has 0 radical (unpaired) electrons. The second-order valence-corrected chi connectivity index (χ2v) is 7.80. The Labute approximate surface area is 121 Å². The zero-order valence-corrected chi connectivity index (χ0v) is 13.1. The molecule has 20 heavy (non-hydrogen) atoms. The van der Waals surface area contributed by atoms with Gasteiger partial charge in [-0.15, -0.1) is 0 Å². The first-order valence-electron chi connectivity index (χ1n) is 7.22. The highest BCUT2D eigenvalue weighted by Gasteiger charge is 2.36. The molecule has 0 atom stereocenters. The van der Waals surface area contributed by atoms with Crippen LogP contribution in [0.4, 0.5) is 0 Å². The zero-order chi connectivity index (χ0) is 14.8. The minimum absolute atomic E-state index is 0.0163. The van der Waals surface area contributed by atoms with Gasteiger partial charge < -0.3 is 9.64 Å². The number of carbonyl (C=O) groups is 1. The van der Waals surface area contributed by atoms with Crippen LogP contribution in [0.2, 0.25) is 0 Å². The molecule has 1 heterocycles. The van der Waals surface area contributed by atoms with E-state index in [0.29, 0.717) is 39.0 Å². The Bertz CT molecular complexity index is 435. The molecule has 0 spiro atoms. The number of rotatable bonds is 3. The summed E-state index contributed by atoms with van der Waals surface area (Å²) >= 11 is 0. The average Bonchev–Trinajstić information content (AvgIpc) is 2.47. The number of hydrogen-bond acceptors (Lipinski definition) is 4. The summed E-state index contributed by atoms with van der Waals surface area (Å²) in [6.07, 6.45) is 3.18. The van der Waals surface area contributed by atoms with Crippen molar-refractivity contribution in [2.24, 2.45) is 0 Å². The maximum atomic E-state index is 12.6. The predicted molar refractivity (Wildman–Crippen MR) is 75.8 cm³/mol. The lowest BCUT2D eigenvalue weighted by Crippen LogP contribution is -2.52. The standard InChI is InChI=1S/C13H24N2O4S/c1-11(16)14-7-9-15(10-8-14)20(17,18)13-5-3-12(19-2)4-6-13/h12-13H,3-10H2,1-2H3. The fraction of sp³-hybridized carbons (Fsp3) is 0.923. The first-order valence-corrected chi connectivity index (χ1v) is 8.72. The number of methoxy groups -OCH3 is 1. The van der Waals surface area contributed by atoms with Gasteiger partial charge >= 0.3 is 0 Å². The molecule has 0 bridgehead atoms. The molecule has 1 saturated heterocycles. The maximum absolute atomic E-state index is 12.6. The number of amides is 1. The van der Waals surface area contributed by atoms with Crippen LogP contribution in [-0.2, 0) is 19.6 Å². The molecule has 1 aliphatic carbocycles. The Balaban J connectivity index is 1.93. The fourth-order valence-electron chi connectivity index (χ4n) is 3.03. The van der Waals surface area contributed by atoms with Gasteiger partial charge in [0.25, 0.3) is 0 Å². The monoisotopic (exact) mass is 304 g/mol. The van der Waals surface area contributed by atoms with Crippen LogP contribution in [0.5, 0.6) is 0 Å². The van der Waals surface area contributed by atoms with E-state index >= 15 is 0 Å². The van der Waals surface area contributed by atoms with E-state index < -0.39 is 10.0 Å². The van der Waals surface area contributed by atoms with Crippen LogP contribution >= 0.6 is 0 Å². The van der Waals surface area contributed by atoms with Gasteiger partial charge in [-0.1, -0.05) is 0 Å². The summed E-state index contributed by atoms with van der Waals surface area (Å²) in [6.45, 7) is 3.37. The molecule has 1 aliphatic heterocycles. The third-order valence-electron chi connectivity index (χ3n) is 4.42. The SMILES string of the molecule is COC1CCC(S(=O)(=O)N2CCN(C(C)=O)CC2)CC1.